The average molecular weight is 191 g/mol. The van der Waals surface area contributed by atoms with Crippen LogP contribution in [-0.4, -0.2) is 19.5 Å². The molecule has 74 valence electrons. The summed E-state index contributed by atoms with van der Waals surface area (Å²) in [5.74, 6) is 0.480. The molecule has 2 aromatic rings. The first-order valence-corrected chi connectivity index (χ1v) is 4.44. The second kappa shape index (κ2) is 2.67. The highest BCUT2D eigenvalue weighted by Crippen LogP contribution is 2.23. The maximum atomic E-state index is 5.82. The number of hydrogen-bond donors (Lipinski definition) is 1. The Kier molecular flexibility index (Phi) is 1.70. The number of hydrogen-bond acceptors (Lipinski definition) is 4. The Morgan fingerprint density at radius 2 is 2.07 bits per heavy atom. The molecule has 5 heteroatoms. The molecule has 0 atom stereocenters. The van der Waals surface area contributed by atoms with Crippen molar-refractivity contribution < 1.29 is 0 Å². The Morgan fingerprint density at radius 3 is 2.71 bits per heavy atom. The summed E-state index contributed by atoms with van der Waals surface area (Å²) in [5.41, 5.74) is 7.22. The summed E-state index contributed by atoms with van der Waals surface area (Å²) in [7, 11) is 0. The Balaban J connectivity index is 2.81. The van der Waals surface area contributed by atoms with E-state index in [9.17, 15) is 0 Å². The second-order valence-corrected chi connectivity index (χ2v) is 4.21. The number of aromatic nitrogens is 4. The number of imidazole rings is 1. The quantitative estimate of drug-likeness (QED) is 0.678. The van der Waals surface area contributed by atoms with Crippen LogP contribution in [0.25, 0.3) is 11.2 Å². The zero-order valence-electron chi connectivity index (χ0n) is 8.52. The fourth-order valence-corrected chi connectivity index (χ4v) is 1.51. The van der Waals surface area contributed by atoms with Gasteiger partial charge in [-0.15, -0.1) is 0 Å². The van der Waals surface area contributed by atoms with E-state index in [1.807, 2.05) is 4.57 Å². The molecule has 5 nitrogen and oxygen atoms in total. The first-order valence-electron chi connectivity index (χ1n) is 4.44. The van der Waals surface area contributed by atoms with E-state index in [1.165, 1.54) is 6.33 Å². The van der Waals surface area contributed by atoms with Crippen molar-refractivity contribution in [1.82, 2.24) is 19.5 Å². The molecule has 0 radical (unpaired) electrons. The molecule has 0 aromatic carbocycles. The van der Waals surface area contributed by atoms with Gasteiger partial charge in [-0.05, 0) is 20.8 Å². The van der Waals surface area contributed by atoms with Gasteiger partial charge >= 0.3 is 0 Å². The van der Waals surface area contributed by atoms with Crippen molar-refractivity contribution in [3.63, 3.8) is 0 Å². The van der Waals surface area contributed by atoms with Gasteiger partial charge in [0.05, 0.1) is 6.20 Å². The average Bonchev–Trinajstić information content (AvgIpc) is 2.38. The van der Waals surface area contributed by atoms with Crippen LogP contribution in [0, 0.1) is 0 Å². The number of nitrogens with two attached hydrogens (primary N) is 1. The third kappa shape index (κ3) is 1.21. The van der Waals surface area contributed by atoms with Gasteiger partial charge in [-0.2, -0.15) is 0 Å². The smallest absolute Gasteiger partial charge is 0.203 e. The molecule has 2 heterocycles. The molecular formula is C9H13N5. The Morgan fingerprint density at radius 1 is 1.36 bits per heavy atom. The number of anilines is 1. The van der Waals surface area contributed by atoms with E-state index in [-0.39, 0.29) is 5.54 Å². The lowest BCUT2D eigenvalue weighted by atomic mass is 10.1. The molecule has 2 aromatic heterocycles. The Labute approximate surface area is 82.0 Å². The molecule has 0 aliphatic heterocycles. The molecule has 2 rings (SSSR count). The molecule has 0 aliphatic carbocycles. The van der Waals surface area contributed by atoms with Gasteiger partial charge in [-0.1, -0.05) is 0 Å². The minimum absolute atomic E-state index is 0.118. The zero-order valence-corrected chi connectivity index (χ0v) is 8.52. The number of rotatable bonds is 0. The number of fused-ring (bicyclic) bond motifs is 1. The molecule has 14 heavy (non-hydrogen) atoms. The van der Waals surface area contributed by atoms with Crippen molar-refractivity contribution in [3.8, 4) is 0 Å². The summed E-state index contributed by atoms with van der Waals surface area (Å²) in [6, 6.07) is 0. The lowest BCUT2D eigenvalue weighted by molar-refractivity contribution is 0.412. The molecule has 0 unspecified atom stereocenters. The van der Waals surface area contributed by atoms with E-state index in [2.05, 4.69) is 35.7 Å². The van der Waals surface area contributed by atoms with E-state index in [4.69, 9.17) is 5.73 Å². The predicted octanol–water partition coefficient (Wildman–Crippen LogP) is 1.16. The van der Waals surface area contributed by atoms with Gasteiger partial charge in [-0.25, -0.2) is 15.0 Å². The van der Waals surface area contributed by atoms with Crippen LogP contribution < -0.4 is 5.73 Å². The highest BCUT2D eigenvalue weighted by molar-refractivity contribution is 5.73. The van der Waals surface area contributed by atoms with E-state index < -0.39 is 0 Å². The van der Waals surface area contributed by atoms with Crippen molar-refractivity contribution in [3.05, 3.63) is 12.5 Å². The third-order valence-electron chi connectivity index (χ3n) is 2.02. The molecule has 0 saturated heterocycles. The summed E-state index contributed by atoms with van der Waals surface area (Å²) in [6.07, 6.45) is 3.17. The van der Waals surface area contributed by atoms with Gasteiger partial charge in [0, 0.05) is 5.54 Å². The van der Waals surface area contributed by atoms with E-state index in [1.54, 1.807) is 6.20 Å². The normalized spacial score (nSPS) is 12.2. The van der Waals surface area contributed by atoms with Gasteiger partial charge in [0.15, 0.2) is 5.65 Å². The van der Waals surface area contributed by atoms with Gasteiger partial charge in [0.2, 0.25) is 5.95 Å². The summed E-state index contributed by atoms with van der Waals surface area (Å²) in [5, 5.41) is 0. The molecule has 0 aliphatic rings. The molecule has 0 bridgehead atoms. The van der Waals surface area contributed by atoms with Crippen LogP contribution in [0.5, 0.6) is 0 Å². The van der Waals surface area contributed by atoms with Gasteiger partial charge in [-0.3, -0.25) is 4.57 Å². The van der Waals surface area contributed by atoms with Crippen LogP contribution in [0.4, 0.5) is 5.95 Å². The largest absolute Gasteiger partial charge is 0.369 e. The first-order chi connectivity index (χ1) is 6.50. The van der Waals surface area contributed by atoms with E-state index >= 15 is 0 Å². The Hall–Kier alpha value is -1.65. The molecular weight excluding hydrogens is 178 g/mol. The predicted molar refractivity (Wildman–Crippen MR) is 54.7 cm³/mol. The summed E-state index contributed by atoms with van der Waals surface area (Å²) in [6.45, 7) is 6.19. The van der Waals surface area contributed by atoms with Crippen LogP contribution in [0.1, 0.15) is 20.8 Å². The highest BCUT2D eigenvalue weighted by atomic mass is 15.2. The minimum Gasteiger partial charge on any atom is -0.369 e. The van der Waals surface area contributed by atoms with Crippen LogP contribution in [0.2, 0.25) is 0 Å². The SMILES string of the molecule is CC(C)(C)n1c(N)nc2cncnc21. The maximum absolute atomic E-state index is 5.82. The molecule has 0 saturated carbocycles. The van der Waals surface area contributed by atoms with Crippen LogP contribution in [-0.2, 0) is 5.54 Å². The first kappa shape index (κ1) is 8.93. The van der Waals surface area contributed by atoms with Gasteiger partial charge < -0.3 is 5.73 Å². The van der Waals surface area contributed by atoms with Crippen molar-refractivity contribution in [2.75, 3.05) is 5.73 Å². The number of nitrogens with zero attached hydrogens (tertiary/aromatic N) is 4. The lowest BCUT2D eigenvalue weighted by Gasteiger charge is -2.22. The fourth-order valence-electron chi connectivity index (χ4n) is 1.51. The second-order valence-electron chi connectivity index (χ2n) is 4.21. The van der Waals surface area contributed by atoms with Crippen LogP contribution >= 0.6 is 0 Å². The molecule has 0 fully saturated rings. The van der Waals surface area contributed by atoms with Crippen molar-refractivity contribution >= 4 is 17.1 Å². The van der Waals surface area contributed by atoms with Gasteiger partial charge in [0.1, 0.15) is 11.8 Å². The molecule has 0 spiro atoms. The van der Waals surface area contributed by atoms with Crippen molar-refractivity contribution in [1.29, 1.82) is 0 Å². The Bertz CT molecular complexity index is 465. The summed E-state index contributed by atoms with van der Waals surface area (Å²) >= 11 is 0. The lowest BCUT2D eigenvalue weighted by Crippen LogP contribution is -2.23. The van der Waals surface area contributed by atoms with Crippen LogP contribution in [0.3, 0.4) is 0 Å². The van der Waals surface area contributed by atoms with Gasteiger partial charge in [0.25, 0.3) is 0 Å². The summed E-state index contributed by atoms with van der Waals surface area (Å²) < 4.78 is 1.91. The van der Waals surface area contributed by atoms with Crippen LogP contribution in [0.15, 0.2) is 12.5 Å². The summed E-state index contributed by atoms with van der Waals surface area (Å²) in [4.78, 5) is 12.3. The van der Waals surface area contributed by atoms with Crippen molar-refractivity contribution in [2.24, 2.45) is 0 Å². The monoisotopic (exact) mass is 191 g/mol. The number of nitrogen functional groups attached to an aromatic ring is 1. The standard InChI is InChI=1S/C9H13N5/c1-9(2,3)14-7-6(13-8(14)10)4-11-5-12-7/h4-5H,1-3H3,(H2,10,13). The van der Waals surface area contributed by atoms with E-state index in [0.717, 1.165) is 11.2 Å². The van der Waals surface area contributed by atoms with E-state index in [0.29, 0.717) is 5.95 Å². The highest BCUT2D eigenvalue weighted by Gasteiger charge is 2.20. The van der Waals surface area contributed by atoms with Crippen molar-refractivity contribution in [2.45, 2.75) is 26.3 Å². The zero-order chi connectivity index (χ0) is 10.3. The maximum Gasteiger partial charge on any atom is 0.203 e. The third-order valence-corrected chi connectivity index (χ3v) is 2.02. The topological polar surface area (TPSA) is 69.6 Å². The molecule has 2 N–H and O–H groups in total. The fraction of sp³-hybridized carbons (Fsp3) is 0.444. The minimum atomic E-state index is -0.118. The molecule has 0 amide bonds.